The first-order valence-corrected chi connectivity index (χ1v) is 8.86. The zero-order valence-corrected chi connectivity index (χ0v) is 12.5. The molecule has 0 saturated heterocycles. The lowest BCUT2D eigenvalue weighted by molar-refractivity contribution is -0.143. The summed E-state index contributed by atoms with van der Waals surface area (Å²) in [4.78, 5) is -0.0666. The van der Waals surface area contributed by atoms with Crippen molar-refractivity contribution >= 4 is 20.2 Å². The Labute approximate surface area is 125 Å². The van der Waals surface area contributed by atoms with Crippen LogP contribution in [0.2, 0.25) is 0 Å². The normalized spacial score (nSPS) is 25.0. The van der Waals surface area contributed by atoms with Crippen LogP contribution in [0.15, 0.2) is 29.2 Å². The lowest BCUT2D eigenvalue weighted by Gasteiger charge is -2.29. The van der Waals surface area contributed by atoms with Gasteiger partial charge in [-0.1, -0.05) is 25.6 Å². The van der Waals surface area contributed by atoms with Gasteiger partial charge in [-0.3, -0.25) is 0 Å². The molecule has 21 heavy (non-hydrogen) atoms. The number of fused-ring (bicyclic) bond motifs is 1. The van der Waals surface area contributed by atoms with E-state index in [1.54, 1.807) is 12.1 Å². The van der Waals surface area contributed by atoms with Gasteiger partial charge in [-0.2, -0.15) is 16.8 Å². The van der Waals surface area contributed by atoms with E-state index >= 15 is 0 Å². The van der Waals surface area contributed by atoms with E-state index in [4.69, 9.17) is 13.1 Å². The molecule has 0 spiro atoms. The molecule has 1 heterocycles. The van der Waals surface area contributed by atoms with Crippen LogP contribution in [0.5, 0.6) is 0 Å². The monoisotopic (exact) mass is 338 g/mol. The largest absolute Gasteiger partial charge is 0.371 e. The van der Waals surface area contributed by atoms with Gasteiger partial charge in [0.1, 0.15) is 6.61 Å². The molecular weight excluding hydrogens is 320 g/mol. The van der Waals surface area contributed by atoms with Crippen LogP contribution in [0.1, 0.15) is 19.9 Å². The van der Waals surface area contributed by atoms with Crippen molar-refractivity contribution in [3.05, 3.63) is 29.8 Å². The maximum atomic E-state index is 12.2. The summed E-state index contributed by atoms with van der Waals surface area (Å²) >= 11 is 0. The maximum absolute atomic E-state index is 12.2. The molecule has 1 aromatic rings. The molecule has 0 aromatic heterocycles. The molecule has 0 amide bonds. The Bertz CT molecular complexity index is 709. The van der Waals surface area contributed by atoms with Gasteiger partial charge in [0.05, 0.1) is 17.8 Å². The van der Waals surface area contributed by atoms with Crippen molar-refractivity contribution in [3.8, 4) is 0 Å². The fourth-order valence-corrected chi connectivity index (χ4v) is 3.97. The van der Waals surface area contributed by atoms with Gasteiger partial charge in [-0.05, 0) is 18.6 Å². The van der Waals surface area contributed by atoms with Crippen LogP contribution >= 0.6 is 0 Å². The molecule has 0 aliphatic carbocycles. The van der Waals surface area contributed by atoms with Crippen LogP contribution < -0.4 is 0 Å². The van der Waals surface area contributed by atoms with Crippen molar-refractivity contribution in [2.24, 2.45) is 0 Å². The fourth-order valence-electron chi connectivity index (χ4n) is 1.87. The molecule has 1 aromatic carbocycles. The van der Waals surface area contributed by atoms with E-state index in [0.717, 1.165) is 6.26 Å². The molecule has 0 saturated carbocycles. The quantitative estimate of drug-likeness (QED) is 0.749. The second-order valence-corrected chi connectivity index (χ2v) is 7.65. The van der Waals surface area contributed by atoms with Crippen LogP contribution in [-0.2, 0) is 39.9 Å². The minimum Gasteiger partial charge on any atom is -0.371 e. The lowest BCUT2D eigenvalue weighted by atomic mass is 10.2. The zero-order valence-electron chi connectivity index (χ0n) is 10.9. The minimum absolute atomic E-state index is 0. The van der Waals surface area contributed by atoms with E-state index in [2.05, 4.69) is 0 Å². The van der Waals surface area contributed by atoms with Gasteiger partial charge in [0, 0.05) is 0 Å². The molecule has 0 fully saturated rings. The second-order valence-electron chi connectivity index (χ2n) is 4.56. The SMILES string of the molecule is C.CC1(OS(C)(=O)=O)COCc2ccccc2S(=O)(=O)O1. The van der Waals surface area contributed by atoms with Crippen molar-refractivity contribution in [3.63, 3.8) is 0 Å². The highest BCUT2D eigenvalue weighted by Gasteiger charge is 2.39. The summed E-state index contributed by atoms with van der Waals surface area (Å²) in [5.41, 5.74) is 0.439. The summed E-state index contributed by atoms with van der Waals surface area (Å²) in [5, 5.41) is 0. The first-order chi connectivity index (χ1) is 9.11. The molecular formula is C12H18O7S2. The lowest BCUT2D eigenvalue weighted by Crippen LogP contribution is -2.42. The average Bonchev–Trinajstić information content (AvgIpc) is 2.24. The number of ether oxygens (including phenoxy) is 1. The van der Waals surface area contributed by atoms with Crippen molar-refractivity contribution in [1.29, 1.82) is 0 Å². The Morgan fingerprint density at radius 1 is 1.29 bits per heavy atom. The predicted octanol–water partition coefficient (Wildman–Crippen LogP) is 1.25. The smallest absolute Gasteiger partial charge is 0.300 e. The minimum atomic E-state index is -4.15. The predicted molar refractivity (Wildman–Crippen MR) is 75.4 cm³/mol. The Morgan fingerprint density at radius 2 is 1.90 bits per heavy atom. The van der Waals surface area contributed by atoms with Gasteiger partial charge in [-0.25, -0.2) is 8.37 Å². The number of hydrogen-bond donors (Lipinski definition) is 0. The van der Waals surface area contributed by atoms with E-state index in [1.165, 1.54) is 19.1 Å². The highest BCUT2D eigenvalue weighted by Crippen LogP contribution is 2.28. The van der Waals surface area contributed by atoms with Crippen molar-refractivity contribution < 1.29 is 29.9 Å². The van der Waals surface area contributed by atoms with E-state index in [9.17, 15) is 16.8 Å². The van der Waals surface area contributed by atoms with E-state index < -0.39 is 26.0 Å². The number of benzene rings is 1. The fraction of sp³-hybridized carbons (Fsp3) is 0.500. The first-order valence-electron chi connectivity index (χ1n) is 5.63. The van der Waals surface area contributed by atoms with Crippen LogP contribution in [-0.4, -0.2) is 35.5 Å². The van der Waals surface area contributed by atoms with Crippen molar-refractivity contribution in [1.82, 2.24) is 0 Å². The first kappa shape index (κ1) is 18.1. The summed E-state index contributed by atoms with van der Waals surface area (Å²) in [6, 6.07) is 6.16. The number of hydrogen-bond acceptors (Lipinski definition) is 7. The van der Waals surface area contributed by atoms with Gasteiger partial charge in [-0.15, -0.1) is 0 Å². The average molecular weight is 338 g/mol. The Kier molecular flexibility index (Phi) is 5.17. The molecule has 9 heteroatoms. The molecule has 120 valence electrons. The van der Waals surface area contributed by atoms with E-state index in [1.807, 2.05) is 0 Å². The van der Waals surface area contributed by atoms with Crippen LogP contribution in [0.3, 0.4) is 0 Å². The summed E-state index contributed by atoms with van der Waals surface area (Å²) < 4.78 is 61.7. The van der Waals surface area contributed by atoms with Gasteiger partial charge in [0.25, 0.3) is 20.2 Å². The van der Waals surface area contributed by atoms with Gasteiger partial charge >= 0.3 is 0 Å². The summed E-state index contributed by atoms with van der Waals surface area (Å²) in [6.45, 7) is 0.870. The maximum Gasteiger partial charge on any atom is 0.300 e. The molecule has 1 unspecified atom stereocenters. The highest BCUT2D eigenvalue weighted by atomic mass is 32.2. The van der Waals surface area contributed by atoms with Gasteiger partial charge in [0.2, 0.25) is 5.79 Å². The van der Waals surface area contributed by atoms with Crippen LogP contribution in [0, 0.1) is 0 Å². The molecule has 1 aliphatic heterocycles. The zero-order chi connectivity index (χ0) is 15.0. The third-order valence-corrected chi connectivity index (χ3v) is 4.64. The molecule has 2 rings (SSSR count). The van der Waals surface area contributed by atoms with Gasteiger partial charge in [0.15, 0.2) is 0 Å². The Hall–Kier alpha value is -1.00. The Balaban J connectivity index is 0.00000220. The summed E-state index contributed by atoms with van der Waals surface area (Å²) in [5.74, 6) is -1.93. The summed E-state index contributed by atoms with van der Waals surface area (Å²) in [6.07, 6.45) is 0.806. The van der Waals surface area contributed by atoms with Crippen LogP contribution in [0.4, 0.5) is 0 Å². The third kappa shape index (κ3) is 4.48. The van der Waals surface area contributed by atoms with Crippen molar-refractivity contribution in [2.75, 3.05) is 12.9 Å². The highest BCUT2D eigenvalue weighted by molar-refractivity contribution is 7.87. The second kappa shape index (κ2) is 6.01. The molecule has 1 atom stereocenters. The van der Waals surface area contributed by atoms with Gasteiger partial charge < -0.3 is 4.74 Å². The topological polar surface area (TPSA) is 96.0 Å². The number of rotatable bonds is 2. The van der Waals surface area contributed by atoms with E-state index in [-0.39, 0.29) is 25.5 Å². The Morgan fingerprint density at radius 3 is 2.52 bits per heavy atom. The third-order valence-electron chi connectivity index (χ3n) is 2.48. The molecule has 1 aliphatic rings. The van der Waals surface area contributed by atoms with Crippen LogP contribution in [0.25, 0.3) is 0 Å². The molecule has 0 bridgehead atoms. The standard InChI is InChI=1S/C11H14O7S2.CH4/c1-11(17-19(2,12)13)8-16-7-9-5-3-4-6-10(9)20(14,15)18-11;/h3-6H,7-8H2,1-2H3;1H4. The van der Waals surface area contributed by atoms with E-state index in [0.29, 0.717) is 5.56 Å². The summed E-state index contributed by atoms with van der Waals surface area (Å²) in [7, 11) is -8.06. The molecule has 0 radical (unpaired) electrons. The molecule has 0 N–H and O–H groups in total. The molecule has 7 nitrogen and oxygen atoms in total. The van der Waals surface area contributed by atoms with Crippen molar-refractivity contribution in [2.45, 2.75) is 31.6 Å².